The molecule has 0 fully saturated rings. The van der Waals surface area contributed by atoms with Crippen LogP contribution in [-0.2, 0) is 4.79 Å². The van der Waals surface area contributed by atoms with Crippen LogP contribution in [0.1, 0.15) is 19.4 Å². The van der Waals surface area contributed by atoms with E-state index in [1.165, 1.54) is 0 Å². The predicted molar refractivity (Wildman–Crippen MR) is 68.1 cm³/mol. The molecule has 0 spiro atoms. The zero-order chi connectivity index (χ0) is 13.1. The summed E-state index contributed by atoms with van der Waals surface area (Å²) in [6.07, 6.45) is 1.64. The smallest absolute Gasteiger partial charge is 0.227 e. The van der Waals surface area contributed by atoms with Gasteiger partial charge in [-0.25, -0.2) is 9.97 Å². The number of amides is 1. The van der Waals surface area contributed by atoms with Crippen molar-refractivity contribution < 1.29 is 4.79 Å². The first-order valence-corrected chi connectivity index (χ1v) is 5.70. The highest BCUT2D eigenvalue weighted by atomic mass is 35.5. The minimum absolute atomic E-state index is 0.0252. The van der Waals surface area contributed by atoms with Gasteiger partial charge in [-0.2, -0.15) is 0 Å². The Labute approximate surface area is 106 Å². The zero-order valence-electron chi connectivity index (χ0n) is 10.5. The van der Waals surface area contributed by atoms with E-state index in [0.717, 1.165) is 5.56 Å². The maximum atomic E-state index is 11.6. The summed E-state index contributed by atoms with van der Waals surface area (Å²) in [5.74, 6) is 0.629. The number of aryl methyl sites for hydroxylation is 1. The SMILES string of the molecule is CNC(=O)C(C)(C)CNc1nc(Cl)ncc1C. The molecule has 0 radical (unpaired) electrons. The number of halogens is 1. The lowest BCUT2D eigenvalue weighted by Gasteiger charge is -2.23. The minimum Gasteiger partial charge on any atom is -0.369 e. The predicted octanol–water partition coefficient (Wildman–Crippen LogP) is 1.62. The first-order chi connectivity index (χ1) is 7.86. The Morgan fingerprint density at radius 3 is 2.76 bits per heavy atom. The van der Waals surface area contributed by atoms with Gasteiger partial charge in [0.1, 0.15) is 5.82 Å². The van der Waals surface area contributed by atoms with E-state index in [1.54, 1.807) is 13.2 Å². The Morgan fingerprint density at radius 2 is 2.18 bits per heavy atom. The maximum absolute atomic E-state index is 11.6. The van der Waals surface area contributed by atoms with Crippen molar-refractivity contribution in [3.8, 4) is 0 Å². The van der Waals surface area contributed by atoms with Crippen LogP contribution in [0.5, 0.6) is 0 Å². The molecule has 0 aliphatic heterocycles. The number of nitrogens with one attached hydrogen (secondary N) is 2. The highest BCUT2D eigenvalue weighted by Crippen LogP contribution is 2.18. The largest absolute Gasteiger partial charge is 0.369 e. The van der Waals surface area contributed by atoms with Crippen LogP contribution in [0.25, 0.3) is 0 Å². The summed E-state index contributed by atoms with van der Waals surface area (Å²) in [5.41, 5.74) is 0.376. The standard InChI is InChI=1S/C11H17ClN4O/c1-7-5-14-10(12)16-8(7)15-6-11(2,3)9(17)13-4/h5H,6H2,1-4H3,(H,13,17)(H,14,15,16). The molecular weight excluding hydrogens is 240 g/mol. The highest BCUT2D eigenvalue weighted by molar-refractivity contribution is 6.28. The molecule has 0 atom stereocenters. The fourth-order valence-corrected chi connectivity index (χ4v) is 1.46. The van der Waals surface area contributed by atoms with Gasteiger partial charge in [0.2, 0.25) is 11.2 Å². The van der Waals surface area contributed by atoms with E-state index in [1.807, 2.05) is 20.8 Å². The van der Waals surface area contributed by atoms with Crippen LogP contribution in [-0.4, -0.2) is 29.5 Å². The first kappa shape index (κ1) is 13.7. The number of hydrogen-bond donors (Lipinski definition) is 2. The Kier molecular flexibility index (Phi) is 4.28. The van der Waals surface area contributed by atoms with Gasteiger partial charge < -0.3 is 10.6 Å². The van der Waals surface area contributed by atoms with Crippen LogP contribution < -0.4 is 10.6 Å². The number of carbonyl (C=O) groups is 1. The van der Waals surface area contributed by atoms with E-state index in [2.05, 4.69) is 20.6 Å². The van der Waals surface area contributed by atoms with Crippen molar-refractivity contribution in [1.82, 2.24) is 15.3 Å². The van der Waals surface area contributed by atoms with Crippen molar-refractivity contribution in [3.63, 3.8) is 0 Å². The van der Waals surface area contributed by atoms with Gasteiger partial charge in [-0.3, -0.25) is 4.79 Å². The van der Waals surface area contributed by atoms with Gasteiger partial charge in [-0.05, 0) is 32.4 Å². The molecule has 5 nitrogen and oxygen atoms in total. The Balaban J connectivity index is 2.73. The van der Waals surface area contributed by atoms with Gasteiger partial charge in [-0.15, -0.1) is 0 Å². The first-order valence-electron chi connectivity index (χ1n) is 5.32. The van der Waals surface area contributed by atoms with Crippen molar-refractivity contribution in [2.75, 3.05) is 18.9 Å². The molecule has 0 bridgehead atoms. The van der Waals surface area contributed by atoms with E-state index in [9.17, 15) is 4.79 Å². The van der Waals surface area contributed by atoms with Crippen molar-refractivity contribution in [2.24, 2.45) is 5.41 Å². The molecule has 0 aliphatic rings. The quantitative estimate of drug-likeness (QED) is 0.804. The molecule has 1 aromatic heterocycles. The third kappa shape index (κ3) is 3.56. The monoisotopic (exact) mass is 256 g/mol. The summed E-state index contributed by atoms with van der Waals surface area (Å²) < 4.78 is 0. The molecular formula is C11H17ClN4O. The van der Waals surface area contributed by atoms with E-state index >= 15 is 0 Å². The van der Waals surface area contributed by atoms with Crippen LogP contribution >= 0.6 is 11.6 Å². The number of nitrogens with zero attached hydrogens (tertiary/aromatic N) is 2. The third-order valence-corrected chi connectivity index (χ3v) is 2.66. The Bertz CT molecular complexity index is 420. The van der Waals surface area contributed by atoms with E-state index in [-0.39, 0.29) is 11.2 Å². The number of hydrogen-bond acceptors (Lipinski definition) is 4. The van der Waals surface area contributed by atoms with Crippen LogP contribution in [0.2, 0.25) is 5.28 Å². The lowest BCUT2D eigenvalue weighted by Crippen LogP contribution is -2.39. The van der Waals surface area contributed by atoms with Gasteiger partial charge in [0, 0.05) is 25.4 Å². The zero-order valence-corrected chi connectivity index (χ0v) is 11.2. The van der Waals surface area contributed by atoms with Crippen molar-refractivity contribution in [2.45, 2.75) is 20.8 Å². The number of aromatic nitrogens is 2. The number of carbonyl (C=O) groups excluding carboxylic acids is 1. The van der Waals surface area contributed by atoms with Gasteiger partial charge in [-0.1, -0.05) is 0 Å². The number of rotatable bonds is 4. The summed E-state index contributed by atoms with van der Waals surface area (Å²) in [6.45, 7) is 6.07. The van der Waals surface area contributed by atoms with Crippen LogP contribution in [0.4, 0.5) is 5.82 Å². The summed E-state index contributed by atoms with van der Waals surface area (Å²) in [6, 6.07) is 0. The Hall–Kier alpha value is -1.36. The molecule has 0 aromatic carbocycles. The molecule has 1 rings (SSSR count). The normalized spacial score (nSPS) is 11.1. The van der Waals surface area contributed by atoms with Crippen LogP contribution in [0.3, 0.4) is 0 Å². The molecule has 0 saturated carbocycles. The molecule has 94 valence electrons. The van der Waals surface area contributed by atoms with Crippen LogP contribution in [0, 0.1) is 12.3 Å². The minimum atomic E-state index is -0.515. The molecule has 0 saturated heterocycles. The molecule has 0 unspecified atom stereocenters. The third-order valence-electron chi connectivity index (χ3n) is 2.48. The average molecular weight is 257 g/mol. The summed E-state index contributed by atoms with van der Waals surface area (Å²) in [7, 11) is 1.62. The highest BCUT2D eigenvalue weighted by Gasteiger charge is 2.26. The van der Waals surface area contributed by atoms with E-state index in [4.69, 9.17) is 11.6 Å². The lowest BCUT2D eigenvalue weighted by molar-refractivity contribution is -0.128. The molecule has 1 aromatic rings. The average Bonchev–Trinajstić information content (AvgIpc) is 2.29. The van der Waals surface area contributed by atoms with E-state index in [0.29, 0.717) is 12.4 Å². The number of anilines is 1. The van der Waals surface area contributed by atoms with Crippen molar-refractivity contribution >= 4 is 23.3 Å². The second-order valence-corrected chi connectivity index (χ2v) is 4.83. The molecule has 17 heavy (non-hydrogen) atoms. The van der Waals surface area contributed by atoms with E-state index < -0.39 is 5.41 Å². The molecule has 1 heterocycles. The molecule has 2 N–H and O–H groups in total. The summed E-state index contributed by atoms with van der Waals surface area (Å²) >= 11 is 5.72. The molecule has 1 amide bonds. The summed E-state index contributed by atoms with van der Waals surface area (Å²) in [4.78, 5) is 19.5. The van der Waals surface area contributed by atoms with Crippen LogP contribution in [0.15, 0.2) is 6.20 Å². The second-order valence-electron chi connectivity index (χ2n) is 4.49. The molecule has 0 aliphatic carbocycles. The van der Waals surface area contributed by atoms with Gasteiger partial charge in [0.15, 0.2) is 0 Å². The van der Waals surface area contributed by atoms with Gasteiger partial charge in [0.05, 0.1) is 5.41 Å². The van der Waals surface area contributed by atoms with Gasteiger partial charge in [0.25, 0.3) is 0 Å². The second kappa shape index (κ2) is 5.31. The molecule has 6 heteroatoms. The lowest BCUT2D eigenvalue weighted by atomic mass is 9.92. The van der Waals surface area contributed by atoms with Crippen molar-refractivity contribution in [1.29, 1.82) is 0 Å². The van der Waals surface area contributed by atoms with Crippen molar-refractivity contribution in [3.05, 3.63) is 17.0 Å². The fourth-order valence-electron chi connectivity index (χ4n) is 1.32. The fraction of sp³-hybridized carbons (Fsp3) is 0.545. The topological polar surface area (TPSA) is 66.9 Å². The van der Waals surface area contributed by atoms with Gasteiger partial charge >= 0.3 is 0 Å². The maximum Gasteiger partial charge on any atom is 0.227 e. The summed E-state index contributed by atoms with van der Waals surface area (Å²) in [5, 5.41) is 5.93. The Morgan fingerprint density at radius 1 is 1.53 bits per heavy atom.